The van der Waals surface area contributed by atoms with Crippen molar-refractivity contribution in [1.29, 1.82) is 5.26 Å². The topological polar surface area (TPSA) is 107 Å². The first-order valence-corrected chi connectivity index (χ1v) is 11.9. The molecular weight excluding hydrogens is 432 g/mol. The van der Waals surface area contributed by atoms with Crippen LogP contribution in [0.4, 0.5) is 10.5 Å². The molecule has 5 rings (SSSR count). The van der Waals surface area contributed by atoms with Gasteiger partial charge in [0.15, 0.2) is 6.29 Å². The molecule has 0 aromatic heterocycles. The van der Waals surface area contributed by atoms with Crippen LogP contribution in [-0.4, -0.2) is 66.3 Å². The number of rotatable bonds is 5. The number of anilines is 1. The summed E-state index contributed by atoms with van der Waals surface area (Å²) < 4.78 is 11.9. The number of carbonyl (C=O) groups excluding carboxylic acids is 1. The number of carbonyl (C=O) groups is 1. The normalized spacial score (nSPS) is 29.4. The number of nitriles is 1. The van der Waals surface area contributed by atoms with Gasteiger partial charge in [-0.15, -0.1) is 0 Å². The van der Waals surface area contributed by atoms with E-state index in [9.17, 15) is 9.90 Å². The third kappa shape index (κ3) is 4.93. The van der Waals surface area contributed by atoms with E-state index in [0.717, 1.165) is 32.4 Å². The molecule has 0 aliphatic carbocycles. The summed E-state index contributed by atoms with van der Waals surface area (Å²) >= 11 is 0. The second-order valence-corrected chi connectivity index (χ2v) is 9.34. The molecule has 0 unspecified atom stereocenters. The molecule has 2 bridgehead atoms. The summed E-state index contributed by atoms with van der Waals surface area (Å²) in [5.41, 5.74) is 2.33. The van der Waals surface area contributed by atoms with Gasteiger partial charge in [0, 0.05) is 5.69 Å². The zero-order valence-corrected chi connectivity index (χ0v) is 19.0. The second kappa shape index (κ2) is 10.1. The van der Waals surface area contributed by atoms with Crippen molar-refractivity contribution in [3.63, 3.8) is 0 Å². The highest BCUT2D eigenvalue weighted by atomic mass is 16.7. The zero-order chi connectivity index (χ0) is 23.5. The number of urea groups is 1. The summed E-state index contributed by atoms with van der Waals surface area (Å²) in [5.74, 6) is 0.612. The molecule has 3 aliphatic rings. The number of amides is 2. The predicted molar refractivity (Wildman–Crippen MR) is 126 cm³/mol. The van der Waals surface area contributed by atoms with Gasteiger partial charge in [0.1, 0.15) is 6.10 Å². The van der Waals surface area contributed by atoms with Crippen LogP contribution in [0.1, 0.15) is 24.0 Å². The number of piperidine rings is 1. The molecule has 178 valence electrons. The number of fused-ring (bicyclic) bond motifs is 2. The van der Waals surface area contributed by atoms with E-state index in [-0.39, 0.29) is 6.04 Å². The number of likely N-dealkylation sites (tertiary alicyclic amines) is 1. The smallest absolute Gasteiger partial charge is 0.319 e. The standard InChI is InChI=1S/C26H30N4O4/c27-15-19-7-4-8-20(14-19)28-26(32)29-22-21-16-33-25(34-21)23(24(22)31)30-11-9-18(10-12-30)13-17-5-2-1-3-6-17/h1-8,14,18,21-25,31H,9-13,16H2,(H2,28,29,32)/t21-,22-,23-,24+,25-/m1/s1. The molecule has 5 atom stereocenters. The van der Waals surface area contributed by atoms with Gasteiger partial charge in [-0.05, 0) is 62.0 Å². The summed E-state index contributed by atoms with van der Waals surface area (Å²) in [5, 5.41) is 26.0. The SMILES string of the molecule is N#Cc1cccc(NC(=O)N[C@H]2[C@H](O)[C@@H](N3CCC(Cc4ccccc4)CC3)[C@@H]3OC[C@H]2O3)c1. The van der Waals surface area contributed by atoms with Gasteiger partial charge in [-0.2, -0.15) is 5.26 Å². The summed E-state index contributed by atoms with van der Waals surface area (Å²) in [6.45, 7) is 2.04. The molecule has 0 saturated carbocycles. The molecule has 34 heavy (non-hydrogen) atoms. The van der Waals surface area contributed by atoms with E-state index < -0.39 is 30.6 Å². The Bertz CT molecular complexity index is 1030. The number of benzene rings is 2. The lowest BCUT2D eigenvalue weighted by atomic mass is 9.87. The van der Waals surface area contributed by atoms with Crippen molar-refractivity contribution in [2.75, 3.05) is 25.0 Å². The molecular formula is C26H30N4O4. The molecule has 0 radical (unpaired) electrons. The van der Waals surface area contributed by atoms with E-state index >= 15 is 0 Å². The summed E-state index contributed by atoms with van der Waals surface area (Å²) in [7, 11) is 0. The van der Waals surface area contributed by atoms with Crippen molar-refractivity contribution in [3.8, 4) is 6.07 Å². The van der Waals surface area contributed by atoms with E-state index in [0.29, 0.717) is 23.8 Å². The highest BCUT2D eigenvalue weighted by molar-refractivity contribution is 5.89. The Labute approximate surface area is 199 Å². The maximum Gasteiger partial charge on any atom is 0.319 e. The van der Waals surface area contributed by atoms with Gasteiger partial charge in [0.25, 0.3) is 0 Å². The van der Waals surface area contributed by atoms with Gasteiger partial charge in [0.05, 0.1) is 36.4 Å². The van der Waals surface area contributed by atoms with Gasteiger partial charge >= 0.3 is 6.03 Å². The fourth-order valence-electron chi connectivity index (χ4n) is 5.36. The lowest BCUT2D eigenvalue weighted by Crippen LogP contribution is -2.66. The summed E-state index contributed by atoms with van der Waals surface area (Å²) in [4.78, 5) is 14.9. The van der Waals surface area contributed by atoms with E-state index in [2.05, 4.69) is 45.9 Å². The Kier molecular flexibility index (Phi) is 6.79. The molecule has 3 fully saturated rings. The van der Waals surface area contributed by atoms with E-state index in [1.807, 2.05) is 6.07 Å². The van der Waals surface area contributed by atoms with E-state index in [1.54, 1.807) is 24.3 Å². The van der Waals surface area contributed by atoms with Crippen molar-refractivity contribution in [2.24, 2.45) is 5.92 Å². The van der Waals surface area contributed by atoms with Crippen molar-refractivity contribution in [1.82, 2.24) is 10.2 Å². The number of aliphatic hydroxyl groups excluding tert-OH is 1. The third-order valence-electron chi connectivity index (χ3n) is 7.12. The van der Waals surface area contributed by atoms with Gasteiger partial charge in [-0.1, -0.05) is 36.4 Å². The molecule has 3 saturated heterocycles. The number of nitrogens with one attached hydrogen (secondary N) is 2. The van der Waals surface area contributed by atoms with Crippen LogP contribution in [0.5, 0.6) is 0 Å². The van der Waals surface area contributed by atoms with Crippen molar-refractivity contribution >= 4 is 11.7 Å². The lowest BCUT2D eigenvalue weighted by Gasteiger charge is -2.46. The van der Waals surface area contributed by atoms with Crippen LogP contribution in [0.3, 0.4) is 0 Å². The number of nitrogens with zero attached hydrogens (tertiary/aromatic N) is 2. The minimum absolute atomic E-state index is 0.330. The van der Waals surface area contributed by atoms with Crippen LogP contribution in [0, 0.1) is 17.2 Å². The second-order valence-electron chi connectivity index (χ2n) is 9.34. The molecule has 2 aromatic carbocycles. The number of hydrogen-bond donors (Lipinski definition) is 3. The Morgan fingerprint density at radius 2 is 1.94 bits per heavy atom. The number of aliphatic hydroxyl groups is 1. The van der Waals surface area contributed by atoms with Crippen LogP contribution in [0.15, 0.2) is 54.6 Å². The van der Waals surface area contributed by atoms with Crippen molar-refractivity contribution in [3.05, 3.63) is 65.7 Å². The van der Waals surface area contributed by atoms with Gasteiger partial charge in [0.2, 0.25) is 0 Å². The van der Waals surface area contributed by atoms with Crippen molar-refractivity contribution in [2.45, 2.75) is 49.8 Å². The molecule has 3 N–H and O–H groups in total. The van der Waals surface area contributed by atoms with E-state index in [4.69, 9.17) is 14.7 Å². The molecule has 3 aliphatic heterocycles. The quantitative estimate of drug-likeness (QED) is 0.630. The maximum atomic E-state index is 12.7. The predicted octanol–water partition coefficient (Wildman–Crippen LogP) is 2.49. The molecule has 8 heteroatoms. The Morgan fingerprint density at radius 1 is 1.15 bits per heavy atom. The molecule has 2 amide bonds. The highest BCUT2D eigenvalue weighted by Gasteiger charge is 2.52. The average molecular weight is 463 g/mol. The Balaban J connectivity index is 1.20. The monoisotopic (exact) mass is 462 g/mol. The van der Waals surface area contributed by atoms with Crippen molar-refractivity contribution < 1.29 is 19.4 Å². The summed E-state index contributed by atoms with van der Waals surface area (Å²) in [6.07, 6.45) is 1.46. The summed E-state index contributed by atoms with van der Waals surface area (Å²) in [6, 6.07) is 17.9. The van der Waals surface area contributed by atoms with Crippen LogP contribution in [0.2, 0.25) is 0 Å². The number of hydrogen-bond acceptors (Lipinski definition) is 6. The van der Waals surface area contributed by atoms with Gasteiger partial charge in [-0.25, -0.2) is 4.79 Å². The number of ether oxygens (including phenoxy) is 2. The highest BCUT2D eigenvalue weighted by Crippen LogP contribution is 2.34. The third-order valence-corrected chi connectivity index (χ3v) is 7.12. The first-order valence-electron chi connectivity index (χ1n) is 11.9. The molecule has 8 nitrogen and oxygen atoms in total. The fraction of sp³-hybridized carbons (Fsp3) is 0.462. The molecule has 2 aromatic rings. The lowest BCUT2D eigenvalue weighted by molar-refractivity contribution is -0.184. The van der Waals surface area contributed by atoms with Gasteiger partial charge in [-0.3, -0.25) is 4.90 Å². The minimum Gasteiger partial charge on any atom is -0.389 e. The van der Waals surface area contributed by atoms with Crippen LogP contribution in [0.25, 0.3) is 0 Å². The van der Waals surface area contributed by atoms with Crippen LogP contribution >= 0.6 is 0 Å². The Hall–Kier alpha value is -2.96. The molecule has 3 heterocycles. The fourth-order valence-corrected chi connectivity index (χ4v) is 5.36. The van der Waals surface area contributed by atoms with Crippen LogP contribution in [-0.2, 0) is 15.9 Å². The van der Waals surface area contributed by atoms with Gasteiger partial charge < -0.3 is 25.2 Å². The minimum atomic E-state index is -0.812. The first kappa shape index (κ1) is 22.8. The Morgan fingerprint density at radius 3 is 2.71 bits per heavy atom. The van der Waals surface area contributed by atoms with Crippen LogP contribution < -0.4 is 10.6 Å². The zero-order valence-electron chi connectivity index (χ0n) is 19.0. The van der Waals surface area contributed by atoms with E-state index in [1.165, 1.54) is 5.56 Å². The first-order chi connectivity index (χ1) is 16.6. The molecule has 0 spiro atoms. The largest absolute Gasteiger partial charge is 0.389 e. The maximum absolute atomic E-state index is 12.7. The average Bonchev–Trinajstić information content (AvgIpc) is 3.29.